The number of aromatic nitrogens is 2. The monoisotopic (exact) mass is 301 g/mol. The molecule has 0 unspecified atom stereocenters. The van der Waals surface area contributed by atoms with E-state index in [1.807, 2.05) is 0 Å². The summed E-state index contributed by atoms with van der Waals surface area (Å²) in [4.78, 5) is 0. The maximum atomic E-state index is 13.1. The van der Waals surface area contributed by atoms with Crippen LogP contribution in [0.25, 0.3) is 0 Å². The molecule has 0 saturated heterocycles. The standard InChI is InChI=1S/C13H14F3N3O2/c1-8-18-19-11(21-8)7-17-12(13(14,15)16)9-3-5-10(20-2)6-4-9/h3-6,12,17H,7H2,1-2H3/t12-/m1/s1. The number of rotatable bonds is 5. The van der Waals surface area contributed by atoms with Crippen LogP contribution >= 0.6 is 0 Å². The summed E-state index contributed by atoms with van der Waals surface area (Å²) in [5, 5.41) is 9.60. The molecule has 5 nitrogen and oxygen atoms in total. The first-order valence-corrected chi connectivity index (χ1v) is 6.13. The van der Waals surface area contributed by atoms with Crippen molar-refractivity contribution >= 4 is 0 Å². The van der Waals surface area contributed by atoms with Crippen LogP contribution in [0.1, 0.15) is 23.4 Å². The summed E-state index contributed by atoms with van der Waals surface area (Å²) >= 11 is 0. The second kappa shape index (κ2) is 6.13. The van der Waals surface area contributed by atoms with Crippen molar-refractivity contribution in [3.8, 4) is 5.75 Å². The molecule has 0 amide bonds. The predicted molar refractivity (Wildman–Crippen MR) is 67.7 cm³/mol. The Morgan fingerprint density at radius 1 is 1.24 bits per heavy atom. The van der Waals surface area contributed by atoms with Gasteiger partial charge in [0.15, 0.2) is 0 Å². The largest absolute Gasteiger partial charge is 0.497 e. The number of halogens is 3. The van der Waals surface area contributed by atoms with Gasteiger partial charge in [-0.25, -0.2) is 0 Å². The molecule has 0 saturated carbocycles. The average molecular weight is 301 g/mol. The summed E-state index contributed by atoms with van der Waals surface area (Å²) in [7, 11) is 1.45. The number of nitrogens with zero attached hydrogens (tertiary/aromatic N) is 2. The van der Waals surface area contributed by atoms with Gasteiger partial charge in [0.1, 0.15) is 11.8 Å². The Morgan fingerprint density at radius 3 is 2.38 bits per heavy atom. The number of benzene rings is 1. The fourth-order valence-corrected chi connectivity index (χ4v) is 1.82. The summed E-state index contributed by atoms with van der Waals surface area (Å²) in [5.74, 6) is 0.905. The molecule has 2 aromatic rings. The molecule has 0 aliphatic rings. The highest BCUT2D eigenvalue weighted by Gasteiger charge is 2.40. The maximum absolute atomic E-state index is 13.1. The zero-order valence-corrected chi connectivity index (χ0v) is 11.4. The molecule has 0 spiro atoms. The molecule has 0 bridgehead atoms. The molecule has 0 aliphatic carbocycles. The number of ether oxygens (including phenoxy) is 1. The van der Waals surface area contributed by atoms with E-state index in [2.05, 4.69) is 15.5 Å². The van der Waals surface area contributed by atoms with Crippen molar-refractivity contribution in [3.63, 3.8) is 0 Å². The number of hydrogen-bond donors (Lipinski definition) is 1. The van der Waals surface area contributed by atoms with Gasteiger partial charge in [0.05, 0.1) is 13.7 Å². The third-order valence-corrected chi connectivity index (χ3v) is 2.80. The van der Waals surface area contributed by atoms with Gasteiger partial charge in [-0.1, -0.05) is 12.1 Å². The number of aryl methyl sites for hydroxylation is 1. The van der Waals surface area contributed by atoms with Crippen molar-refractivity contribution in [3.05, 3.63) is 41.6 Å². The first-order valence-electron chi connectivity index (χ1n) is 6.13. The van der Waals surface area contributed by atoms with Crippen molar-refractivity contribution in [2.45, 2.75) is 25.7 Å². The van der Waals surface area contributed by atoms with E-state index in [1.165, 1.54) is 31.4 Å². The summed E-state index contributed by atoms with van der Waals surface area (Å²) in [6.07, 6.45) is -4.44. The summed E-state index contributed by atoms with van der Waals surface area (Å²) < 4.78 is 49.4. The van der Waals surface area contributed by atoms with E-state index in [1.54, 1.807) is 6.92 Å². The summed E-state index contributed by atoms with van der Waals surface area (Å²) in [6, 6.07) is 3.86. The smallest absolute Gasteiger partial charge is 0.407 e. The van der Waals surface area contributed by atoms with Gasteiger partial charge in [-0.3, -0.25) is 5.32 Å². The lowest BCUT2D eigenvalue weighted by Crippen LogP contribution is -2.33. The highest BCUT2D eigenvalue weighted by molar-refractivity contribution is 5.29. The first-order chi connectivity index (χ1) is 9.90. The van der Waals surface area contributed by atoms with Crippen LogP contribution in [0, 0.1) is 6.92 Å². The van der Waals surface area contributed by atoms with Crippen LogP contribution < -0.4 is 10.1 Å². The highest BCUT2D eigenvalue weighted by atomic mass is 19.4. The SMILES string of the molecule is COc1ccc([C@@H](NCc2nnc(C)o2)C(F)(F)F)cc1. The van der Waals surface area contributed by atoms with Gasteiger partial charge in [-0.15, -0.1) is 10.2 Å². The van der Waals surface area contributed by atoms with E-state index >= 15 is 0 Å². The number of nitrogens with one attached hydrogen (secondary N) is 1. The molecule has 1 aromatic heterocycles. The minimum Gasteiger partial charge on any atom is -0.497 e. The van der Waals surface area contributed by atoms with Crippen LogP contribution in [-0.4, -0.2) is 23.5 Å². The van der Waals surface area contributed by atoms with Crippen LogP contribution in [-0.2, 0) is 6.54 Å². The van der Waals surface area contributed by atoms with Gasteiger partial charge in [0, 0.05) is 6.92 Å². The van der Waals surface area contributed by atoms with Gasteiger partial charge in [-0.05, 0) is 17.7 Å². The molecule has 0 fully saturated rings. The zero-order chi connectivity index (χ0) is 15.5. The van der Waals surface area contributed by atoms with E-state index in [0.717, 1.165) is 0 Å². The van der Waals surface area contributed by atoms with Gasteiger partial charge in [0.2, 0.25) is 11.8 Å². The van der Waals surface area contributed by atoms with E-state index in [9.17, 15) is 13.2 Å². The number of hydrogen-bond acceptors (Lipinski definition) is 5. The van der Waals surface area contributed by atoms with E-state index in [0.29, 0.717) is 11.6 Å². The molecule has 2 rings (SSSR count). The lowest BCUT2D eigenvalue weighted by Gasteiger charge is -2.21. The quantitative estimate of drug-likeness (QED) is 0.920. The zero-order valence-electron chi connectivity index (χ0n) is 11.4. The van der Waals surface area contributed by atoms with Crippen molar-refractivity contribution in [2.75, 3.05) is 7.11 Å². The fraction of sp³-hybridized carbons (Fsp3) is 0.385. The van der Waals surface area contributed by atoms with Crippen molar-refractivity contribution in [2.24, 2.45) is 0 Å². The first kappa shape index (κ1) is 15.3. The molecular weight excluding hydrogens is 287 g/mol. The highest BCUT2D eigenvalue weighted by Crippen LogP contribution is 2.33. The lowest BCUT2D eigenvalue weighted by atomic mass is 10.1. The topological polar surface area (TPSA) is 60.2 Å². The minimum atomic E-state index is -4.44. The molecule has 114 valence electrons. The average Bonchev–Trinajstić information content (AvgIpc) is 2.84. The second-order valence-corrected chi connectivity index (χ2v) is 4.34. The Labute approximate surface area is 119 Å². The van der Waals surface area contributed by atoms with Crippen LogP contribution in [0.2, 0.25) is 0 Å². The molecule has 1 heterocycles. The van der Waals surface area contributed by atoms with Gasteiger partial charge < -0.3 is 9.15 Å². The maximum Gasteiger partial charge on any atom is 0.407 e. The Balaban J connectivity index is 2.14. The molecular formula is C13H14F3N3O2. The van der Waals surface area contributed by atoms with E-state index in [4.69, 9.17) is 9.15 Å². The van der Waals surface area contributed by atoms with Crippen molar-refractivity contribution in [1.29, 1.82) is 0 Å². The van der Waals surface area contributed by atoms with Crippen LogP contribution in [0.5, 0.6) is 5.75 Å². The third kappa shape index (κ3) is 3.94. The molecule has 1 atom stereocenters. The molecule has 21 heavy (non-hydrogen) atoms. The molecule has 1 aromatic carbocycles. The van der Waals surface area contributed by atoms with Crippen LogP contribution in [0.4, 0.5) is 13.2 Å². The van der Waals surface area contributed by atoms with E-state index < -0.39 is 12.2 Å². The molecule has 0 aliphatic heterocycles. The number of alkyl halides is 3. The van der Waals surface area contributed by atoms with Crippen LogP contribution in [0.3, 0.4) is 0 Å². The molecule has 0 radical (unpaired) electrons. The van der Waals surface area contributed by atoms with Gasteiger partial charge in [0.25, 0.3) is 0 Å². The van der Waals surface area contributed by atoms with Gasteiger partial charge >= 0.3 is 6.18 Å². The van der Waals surface area contributed by atoms with E-state index in [-0.39, 0.29) is 18.0 Å². The summed E-state index contributed by atoms with van der Waals surface area (Å²) in [6.45, 7) is 1.40. The predicted octanol–water partition coefficient (Wildman–Crippen LogP) is 2.78. The Morgan fingerprint density at radius 2 is 1.90 bits per heavy atom. The fourth-order valence-electron chi connectivity index (χ4n) is 1.82. The van der Waals surface area contributed by atoms with Gasteiger partial charge in [-0.2, -0.15) is 13.2 Å². The van der Waals surface area contributed by atoms with Crippen LogP contribution in [0.15, 0.2) is 28.7 Å². The van der Waals surface area contributed by atoms with Crippen molar-refractivity contribution in [1.82, 2.24) is 15.5 Å². The molecule has 1 N–H and O–H groups in total. The number of methoxy groups -OCH3 is 1. The Bertz CT molecular complexity index is 581. The summed E-state index contributed by atoms with van der Waals surface area (Å²) in [5.41, 5.74) is 0.0829. The Kier molecular flexibility index (Phi) is 4.46. The lowest BCUT2D eigenvalue weighted by molar-refractivity contribution is -0.158. The normalized spacial score (nSPS) is 13.2. The minimum absolute atomic E-state index is 0.0829. The third-order valence-electron chi connectivity index (χ3n) is 2.80. The second-order valence-electron chi connectivity index (χ2n) is 4.34. The Hall–Kier alpha value is -2.09. The van der Waals surface area contributed by atoms with Crippen molar-refractivity contribution < 1.29 is 22.3 Å². The molecule has 8 heteroatoms.